The number of rotatable bonds is 5. The number of nitrogens with zero attached hydrogens (tertiary/aromatic N) is 1. The van der Waals surface area contributed by atoms with Crippen LogP contribution in [0.1, 0.15) is 29.8 Å². The second kappa shape index (κ2) is 6.88. The number of carbonyl (C=O) groups is 1. The predicted octanol–water partition coefficient (Wildman–Crippen LogP) is 3.71. The Morgan fingerprint density at radius 2 is 1.86 bits per heavy atom. The van der Waals surface area contributed by atoms with Crippen molar-refractivity contribution in [3.05, 3.63) is 53.7 Å². The lowest BCUT2D eigenvalue weighted by atomic mass is 10.1. The summed E-state index contributed by atoms with van der Waals surface area (Å²) in [6, 6.07) is 11.2. The zero-order valence-electron chi connectivity index (χ0n) is 12.7. The van der Waals surface area contributed by atoms with Crippen molar-refractivity contribution in [1.82, 2.24) is 4.98 Å². The van der Waals surface area contributed by atoms with Gasteiger partial charge in [0.1, 0.15) is 5.82 Å². The van der Waals surface area contributed by atoms with Gasteiger partial charge in [0.2, 0.25) is 0 Å². The minimum absolute atomic E-state index is 0.125. The fraction of sp³-hybridized carbons (Fsp3) is 0.294. The summed E-state index contributed by atoms with van der Waals surface area (Å²) in [5.74, 6) is 1.25. The molecular weight excluding hydrogens is 262 g/mol. The van der Waals surface area contributed by atoms with Crippen LogP contribution in [0, 0.1) is 12.8 Å². The van der Waals surface area contributed by atoms with E-state index < -0.39 is 0 Å². The molecule has 0 aliphatic heterocycles. The molecule has 1 amide bonds. The first-order chi connectivity index (χ1) is 10.0. The Kier molecular flexibility index (Phi) is 4.93. The van der Waals surface area contributed by atoms with Crippen LogP contribution >= 0.6 is 0 Å². The molecular formula is C17H21N3O. The van der Waals surface area contributed by atoms with E-state index in [-0.39, 0.29) is 5.91 Å². The Labute approximate surface area is 125 Å². The molecule has 4 nitrogen and oxygen atoms in total. The van der Waals surface area contributed by atoms with Crippen LogP contribution in [0.25, 0.3) is 0 Å². The number of aryl methyl sites for hydroxylation is 1. The van der Waals surface area contributed by atoms with E-state index in [0.29, 0.717) is 17.2 Å². The molecule has 0 bridgehead atoms. The fourth-order valence-corrected chi connectivity index (χ4v) is 1.79. The van der Waals surface area contributed by atoms with Gasteiger partial charge in [-0.25, -0.2) is 4.98 Å². The molecule has 0 radical (unpaired) electrons. The van der Waals surface area contributed by atoms with E-state index in [4.69, 9.17) is 0 Å². The summed E-state index contributed by atoms with van der Waals surface area (Å²) in [7, 11) is 0. The average molecular weight is 283 g/mol. The van der Waals surface area contributed by atoms with Gasteiger partial charge in [0.25, 0.3) is 5.91 Å². The van der Waals surface area contributed by atoms with Crippen LogP contribution in [0.3, 0.4) is 0 Å². The Bertz CT molecular complexity index is 588. The third-order valence-electron chi connectivity index (χ3n) is 3.03. The van der Waals surface area contributed by atoms with Gasteiger partial charge in [-0.3, -0.25) is 4.79 Å². The molecule has 2 rings (SSSR count). The molecule has 0 aliphatic rings. The molecule has 21 heavy (non-hydrogen) atoms. The minimum atomic E-state index is -0.125. The molecule has 2 aromatic rings. The van der Waals surface area contributed by atoms with E-state index in [1.54, 1.807) is 6.20 Å². The van der Waals surface area contributed by atoms with Gasteiger partial charge in [-0.1, -0.05) is 31.5 Å². The quantitative estimate of drug-likeness (QED) is 0.879. The molecule has 0 atom stereocenters. The first-order valence-electron chi connectivity index (χ1n) is 7.12. The van der Waals surface area contributed by atoms with E-state index in [0.717, 1.165) is 17.9 Å². The van der Waals surface area contributed by atoms with E-state index in [1.807, 2.05) is 43.3 Å². The Morgan fingerprint density at radius 3 is 2.43 bits per heavy atom. The van der Waals surface area contributed by atoms with E-state index in [2.05, 4.69) is 29.5 Å². The first kappa shape index (κ1) is 15.0. The van der Waals surface area contributed by atoms with Crippen LogP contribution in [0.4, 0.5) is 11.5 Å². The molecule has 2 N–H and O–H groups in total. The number of amides is 1. The van der Waals surface area contributed by atoms with Crippen molar-refractivity contribution in [2.75, 3.05) is 17.2 Å². The van der Waals surface area contributed by atoms with E-state index in [1.165, 1.54) is 0 Å². The van der Waals surface area contributed by atoms with Gasteiger partial charge in [-0.05, 0) is 37.1 Å². The van der Waals surface area contributed by atoms with Gasteiger partial charge in [0.05, 0.1) is 11.9 Å². The maximum Gasteiger partial charge on any atom is 0.255 e. The van der Waals surface area contributed by atoms with Crippen LogP contribution in [0.15, 0.2) is 42.6 Å². The summed E-state index contributed by atoms with van der Waals surface area (Å²) in [5.41, 5.74) is 2.46. The number of benzene rings is 1. The van der Waals surface area contributed by atoms with Gasteiger partial charge in [0, 0.05) is 12.1 Å². The average Bonchev–Trinajstić information content (AvgIpc) is 2.47. The highest BCUT2D eigenvalue weighted by Crippen LogP contribution is 2.12. The lowest BCUT2D eigenvalue weighted by Gasteiger charge is -2.09. The monoisotopic (exact) mass is 283 g/mol. The fourth-order valence-electron chi connectivity index (χ4n) is 1.79. The number of hydrogen-bond donors (Lipinski definition) is 2. The van der Waals surface area contributed by atoms with Gasteiger partial charge in [-0.2, -0.15) is 0 Å². The van der Waals surface area contributed by atoms with Gasteiger partial charge >= 0.3 is 0 Å². The summed E-state index contributed by atoms with van der Waals surface area (Å²) in [6.07, 6.45) is 1.66. The molecule has 0 saturated carbocycles. The molecule has 1 heterocycles. The summed E-state index contributed by atoms with van der Waals surface area (Å²) < 4.78 is 0. The number of hydrogen-bond acceptors (Lipinski definition) is 3. The zero-order chi connectivity index (χ0) is 15.2. The second-order valence-electron chi connectivity index (χ2n) is 5.53. The predicted molar refractivity (Wildman–Crippen MR) is 86.7 cm³/mol. The normalized spacial score (nSPS) is 10.5. The molecule has 110 valence electrons. The highest BCUT2D eigenvalue weighted by Gasteiger charge is 2.06. The van der Waals surface area contributed by atoms with E-state index in [9.17, 15) is 4.79 Å². The topological polar surface area (TPSA) is 54.0 Å². The largest absolute Gasteiger partial charge is 0.370 e. The van der Waals surface area contributed by atoms with Crippen molar-refractivity contribution in [1.29, 1.82) is 0 Å². The van der Waals surface area contributed by atoms with Crippen molar-refractivity contribution >= 4 is 17.4 Å². The maximum absolute atomic E-state index is 12.1. The highest BCUT2D eigenvalue weighted by molar-refractivity contribution is 6.04. The summed E-state index contributed by atoms with van der Waals surface area (Å²) in [6.45, 7) is 7.16. The number of nitrogens with one attached hydrogen (secondary N) is 2. The molecule has 4 heteroatoms. The van der Waals surface area contributed by atoms with Crippen molar-refractivity contribution in [2.45, 2.75) is 20.8 Å². The Morgan fingerprint density at radius 1 is 1.14 bits per heavy atom. The SMILES string of the molecule is Cc1ccc(C(=O)Nc2ccc(NCC(C)C)nc2)cc1. The van der Waals surface area contributed by atoms with Crippen LogP contribution in [-0.4, -0.2) is 17.4 Å². The molecule has 1 aromatic heterocycles. The lowest BCUT2D eigenvalue weighted by Crippen LogP contribution is -2.12. The standard InChI is InChI=1S/C17H21N3O/c1-12(2)10-18-16-9-8-15(11-19-16)20-17(21)14-6-4-13(3)5-7-14/h4-9,11-12H,10H2,1-3H3,(H,18,19)(H,20,21). The summed E-state index contributed by atoms with van der Waals surface area (Å²) in [4.78, 5) is 16.4. The zero-order valence-corrected chi connectivity index (χ0v) is 12.7. The van der Waals surface area contributed by atoms with Crippen LogP contribution < -0.4 is 10.6 Å². The maximum atomic E-state index is 12.1. The van der Waals surface area contributed by atoms with Crippen molar-refractivity contribution in [2.24, 2.45) is 5.92 Å². The molecule has 0 saturated heterocycles. The van der Waals surface area contributed by atoms with E-state index >= 15 is 0 Å². The molecule has 0 spiro atoms. The number of anilines is 2. The number of aromatic nitrogens is 1. The molecule has 0 aliphatic carbocycles. The van der Waals surface area contributed by atoms with Crippen molar-refractivity contribution in [3.63, 3.8) is 0 Å². The lowest BCUT2D eigenvalue weighted by molar-refractivity contribution is 0.102. The molecule has 1 aromatic carbocycles. The van der Waals surface area contributed by atoms with Crippen LogP contribution in [0.5, 0.6) is 0 Å². The Balaban J connectivity index is 1.96. The van der Waals surface area contributed by atoms with Crippen LogP contribution in [-0.2, 0) is 0 Å². The van der Waals surface area contributed by atoms with Gasteiger partial charge < -0.3 is 10.6 Å². The van der Waals surface area contributed by atoms with Gasteiger partial charge in [0.15, 0.2) is 0 Å². The second-order valence-corrected chi connectivity index (χ2v) is 5.53. The summed E-state index contributed by atoms with van der Waals surface area (Å²) >= 11 is 0. The summed E-state index contributed by atoms with van der Waals surface area (Å²) in [5, 5.41) is 6.08. The Hall–Kier alpha value is -2.36. The third kappa shape index (κ3) is 4.60. The molecule has 0 unspecified atom stereocenters. The van der Waals surface area contributed by atoms with Crippen LogP contribution in [0.2, 0.25) is 0 Å². The minimum Gasteiger partial charge on any atom is -0.370 e. The molecule has 0 fully saturated rings. The third-order valence-corrected chi connectivity index (χ3v) is 3.03. The van der Waals surface area contributed by atoms with Crippen molar-refractivity contribution < 1.29 is 4.79 Å². The first-order valence-corrected chi connectivity index (χ1v) is 7.12. The number of pyridine rings is 1. The van der Waals surface area contributed by atoms with Gasteiger partial charge in [-0.15, -0.1) is 0 Å². The van der Waals surface area contributed by atoms with Crippen molar-refractivity contribution in [3.8, 4) is 0 Å². The highest BCUT2D eigenvalue weighted by atomic mass is 16.1. The number of carbonyl (C=O) groups excluding carboxylic acids is 1. The smallest absolute Gasteiger partial charge is 0.255 e.